The molecule has 0 bridgehead atoms. The minimum Gasteiger partial charge on any atom is -0.466 e. The molecule has 0 spiro atoms. The van der Waals surface area contributed by atoms with Crippen molar-refractivity contribution in [2.45, 2.75) is 61.3 Å². The molecule has 0 saturated carbocycles. The number of ether oxygens (including phenoxy) is 1. The second-order valence-electron chi connectivity index (χ2n) is 9.01. The van der Waals surface area contributed by atoms with E-state index in [9.17, 15) is 23.3 Å². The first-order valence-electron chi connectivity index (χ1n) is 12.7. The Labute approximate surface area is 229 Å². The lowest BCUT2D eigenvalue weighted by Gasteiger charge is -2.23. The molecule has 12 heteroatoms. The maximum absolute atomic E-state index is 11.7. The van der Waals surface area contributed by atoms with Crippen molar-refractivity contribution in [3.63, 3.8) is 0 Å². The number of thioether (sulfide) groups is 1. The molecule has 0 aliphatic carbocycles. The number of sulfonamides is 1. The van der Waals surface area contributed by atoms with Crippen molar-refractivity contribution in [2.75, 3.05) is 37.8 Å². The molecule has 2 aromatic rings. The van der Waals surface area contributed by atoms with Crippen LogP contribution in [-0.2, 0) is 19.6 Å². The fourth-order valence-electron chi connectivity index (χ4n) is 3.82. The predicted octanol–water partition coefficient (Wildman–Crippen LogP) is 4.65. The average molecular weight is 567 g/mol. The lowest BCUT2D eigenvalue weighted by atomic mass is 10.1. The molecule has 0 saturated heterocycles. The van der Waals surface area contributed by atoms with Crippen LogP contribution in [0.15, 0.2) is 58.3 Å². The zero-order valence-electron chi connectivity index (χ0n) is 22.0. The van der Waals surface area contributed by atoms with Gasteiger partial charge in [0.1, 0.15) is 5.69 Å². The van der Waals surface area contributed by atoms with Crippen LogP contribution >= 0.6 is 11.8 Å². The fourth-order valence-corrected chi connectivity index (χ4v) is 5.34. The molecule has 38 heavy (non-hydrogen) atoms. The van der Waals surface area contributed by atoms with Gasteiger partial charge in [0.15, 0.2) is 0 Å². The summed E-state index contributed by atoms with van der Waals surface area (Å²) in [6, 6.07) is 13.5. The Balaban J connectivity index is 1.96. The van der Waals surface area contributed by atoms with Crippen LogP contribution in [0, 0.1) is 10.1 Å². The molecule has 1 atom stereocenters. The van der Waals surface area contributed by atoms with Gasteiger partial charge in [-0.1, -0.05) is 31.0 Å². The molecule has 10 nitrogen and oxygen atoms in total. The standard InChI is InChI=1S/C26H38N4O6S2/c1-3-36-26(31)13-9-4-5-10-17-29(2)18-16-21(20-37-22-11-7-6-8-12-22)28-24-15-14-23(38(27,34)35)19-25(24)30(32)33/h6-8,11-12,14-15,19,21,28H,3-5,9-10,13,16-18,20H2,1-2H3,(H2,27,34,35)/t21-/m1/s1. The predicted molar refractivity (Wildman–Crippen MR) is 151 cm³/mol. The highest BCUT2D eigenvalue weighted by molar-refractivity contribution is 7.99. The van der Waals surface area contributed by atoms with Crippen LogP contribution in [0.5, 0.6) is 0 Å². The van der Waals surface area contributed by atoms with E-state index in [-0.39, 0.29) is 28.3 Å². The molecule has 0 radical (unpaired) electrons. The quantitative estimate of drug-likeness (QED) is 0.0865. The molecule has 0 aliphatic rings. The number of nitro benzene ring substituents is 1. The van der Waals surface area contributed by atoms with E-state index in [2.05, 4.69) is 10.2 Å². The largest absolute Gasteiger partial charge is 0.466 e. The van der Waals surface area contributed by atoms with E-state index in [0.29, 0.717) is 18.8 Å². The van der Waals surface area contributed by atoms with Crippen LogP contribution in [0.4, 0.5) is 11.4 Å². The second kappa shape index (κ2) is 16.3. The lowest BCUT2D eigenvalue weighted by Crippen LogP contribution is -2.30. The van der Waals surface area contributed by atoms with Crippen molar-refractivity contribution in [1.29, 1.82) is 0 Å². The third kappa shape index (κ3) is 11.8. The Hall–Kier alpha value is -2.67. The zero-order valence-corrected chi connectivity index (χ0v) is 23.6. The highest BCUT2D eigenvalue weighted by Crippen LogP contribution is 2.29. The van der Waals surface area contributed by atoms with Crippen molar-refractivity contribution in [2.24, 2.45) is 5.14 Å². The first kappa shape index (κ1) is 31.5. The molecule has 0 heterocycles. The van der Waals surface area contributed by atoms with Crippen molar-refractivity contribution in [1.82, 2.24) is 4.90 Å². The lowest BCUT2D eigenvalue weighted by molar-refractivity contribution is -0.384. The number of carbonyl (C=O) groups is 1. The van der Waals surface area contributed by atoms with Crippen LogP contribution < -0.4 is 10.5 Å². The van der Waals surface area contributed by atoms with E-state index in [4.69, 9.17) is 9.88 Å². The molecule has 210 valence electrons. The summed E-state index contributed by atoms with van der Waals surface area (Å²) in [5.41, 5.74) is -0.0762. The third-order valence-corrected chi connectivity index (χ3v) is 7.97. The molecular weight excluding hydrogens is 528 g/mol. The van der Waals surface area contributed by atoms with Gasteiger partial charge in [-0.15, -0.1) is 11.8 Å². The van der Waals surface area contributed by atoms with Gasteiger partial charge in [0.2, 0.25) is 10.0 Å². The zero-order chi connectivity index (χ0) is 28.0. The molecule has 2 rings (SSSR count). The van der Waals surface area contributed by atoms with E-state index in [1.54, 1.807) is 18.7 Å². The van der Waals surface area contributed by atoms with Gasteiger partial charge in [-0.25, -0.2) is 13.6 Å². The van der Waals surface area contributed by atoms with Crippen molar-refractivity contribution in [3.05, 3.63) is 58.6 Å². The molecule has 0 aromatic heterocycles. The molecule has 2 aromatic carbocycles. The highest BCUT2D eigenvalue weighted by Gasteiger charge is 2.21. The minimum absolute atomic E-state index is 0.105. The van der Waals surface area contributed by atoms with E-state index in [1.807, 2.05) is 37.4 Å². The molecule has 0 aliphatic heterocycles. The number of primary sulfonamides is 1. The topological polar surface area (TPSA) is 145 Å². The Kier molecular flexibility index (Phi) is 13.6. The van der Waals surface area contributed by atoms with Crippen LogP contribution in [0.1, 0.15) is 45.4 Å². The van der Waals surface area contributed by atoms with Crippen LogP contribution in [0.2, 0.25) is 0 Å². The second-order valence-corrected chi connectivity index (χ2v) is 11.7. The summed E-state index contributed by atoms with van der Waals surface area (Å²) in [5, 5.41) is 20.1. The van der Waals surface area contributed by atoms with Crippen LogP contribution in [-0.4, -0.2) is 62.7 Å². The van der Waals surface area contributed by atoms with Gasteiger partial charge in [-0.05, 0) is 70.6 Å². The van der Waals surface area contributed by atoms with Crippen molar-refractivity contribution >= 4 is 39.1 Å². The summed E-state index contributed by atoms with van der Waals surface area (Å²) in [6.45, 7) is 3.90. The van der Waals surface area contributed by atoms with E-state index in [1.165, 1.54) is 12.1 Å². The van der Waals surface area contributed by atoms with E-state index in [0.717, 1.165) is 56.2 Å². The fraction of sp³-hybridized carbons (Fsp3) is 0.500. The van der Waals surface area contributed by atoms with E-state index >= 15 is 0 Å². The number of nitrogens with two attached hydrogens (primary N) is 1. The number of nitrogens with one attached hydrogen (secondary N) is 1. The molecule has 0 fully saturated rings. The molecule has 0 amide bonds. The smallest absolute Gasteiger partial charge is 0.305 e. The SMILES string of the molecule is CCOC(=O)CCCCCCN(C)CC[C@H](CSc1ccccc1)Nc1ccc(S(N)(=O)=O)cc1[N+](=O)[O-]. The normalized spacial score (nSPS) is 12.3. The third-order valence-electron chi connectivity index (χ3n) is 5.88. The summed E-state index contributed by atoms with van der Waals surface area (Å²) in [5.74, 6) is 0.524. The van der Waals surface area contributed by atoms with Crippen molar-refractivity contribution < 1.29 is 22.9 Å². The van der Waals surface area contributed by atoms with Crippen LogP contribution in [0.25, 0.3) is 0 Å². The summed E-state index contributed by atoms with van der Waals surface area (Å²) >= 11 is 1.65. The van der Waals surface area contributed by atoms with Crippen LogP contribution in [0.3, 0.4) is 0 Å². The molecular formula is C26H38N4O6S2. The van der Waals surface area contributed by atoms with Gasteiger partial charge in [-0.3, -0.25) is 14.9 Å². The summed E-state index contributed by atoms with van der Waals surface area (Å²) < 4.78 is 28.3. The van der Waals surface area contributed by atoms with Gasteiger partial charge in [0.25, 0.3) is 5.69 Å². The number of hydrogen-bond donors (Lipinski definition) is 2. The van der Waals surface area contributed by atoms with Gasteiger partial charge in [0.05, 0.1) is 16.4 Å². The Morgan fingerprint density at radius 1 is 1.13 bits per heavy atom. The van der Waals surface area contributed by atoms with Gasteiger partial charge in [0, 0.05) is 29.2 Å². The average Bonchev–Trinajstić information content (AvgIpc) is 2.87. The summed E-state index contributed by atoms with van der Waals surface area (Å²) in [4.78, 5) is 25.5. The Bertz CT molecular complexity index is 1130. The number of unbranched alkanes of at least 4 members (excludes halogenated alkanes) is 3. The number of carbonyl (C=O) groups excluding carboxylic acids is 1. The Morgan fingerprint density at radius 3 is 2.50 bits per heavy atom. The number of nitrogens with zero attached hydrogens (tertiary/aromatic N) is 2. The number of rotatable bonds is 18. The number of esters is 1. The van der Waals surface area contributed by atoms with Crippen molar-refractivity contribution in [3.8, 4) is 0 Å². The first-order valence-corrected chi connectivity index (χ1v) is 15.2. The maximum Gasteiger partial charge on any atom is 0.305 e. The summed E-state index contributed by atoms with van der Waals surface area (Å²) in [6.07, 6.45) is 5.03. The molecule has 3 N–H and O–H groups in total. The van der Waals surface area contributed by atoms with Gasteiger partial charge >= 0.3 is 5.97 Å². The summed E-state index contributed by atoms with van der Waals surface area (Å²) in [7, 11) is -2.01. The Morgan fingerprint density at radius 2 is 1.84 bits per heavy atom. The highest BCUT2D eigenvalue weighted by atomic mass is 32.2. The number of benzene rings is 2. The minimum atomic E-state index is -4.06. The molecule has 0 unspecified atom stereocenters. The number of anilines is 1. The first-order chi connectivity index (χ1) is 18.1. The number of nitro groups is 1. The maximum atomic E-state index is 11.7. The van der Waals surface area contributed by atoms with Gasteiger partial charge < -0.3 is 15.0 Å². The number of hydrogen-bond acceptors (Lipinski definition) is 9. The van der Waals surface area contributed by atoms with Gasteiger partial charge in [-0.2, -0.15) is 0 Å². The van der Waals surface area contributed by atoms with E-state index < -0.39 is 14.9 Å². The monoisotopic (exact) mass is 566 g/mol.